The van der Waals surface area contributed by atoms with E-state index in [1.807, 2.05) is 42.5 Å². The maximum atomic E-state index is 12.7. The summed E-state index contributed by atoms with van der Waals surface area (Å²) >= 11 is 0. The third-order valence-electron chi connectivity index (χ3n) is 5.53. The van der Waals surface area contributed by atoms with E-state index in [1.54, 1.807) is 6.07 Å². The zero-order valence-electron chi connectivity index (χ0n) is 16.8. The Morgan fingerprint density at radius 3 is 2.17 bits per heavy atom. The van der Waals surface area contributed by atoms with Crippen LogP contribution in [0.3, 0.4) is 0 Å². The number of nitrogens with zero attached hydrogens (tertiary/aromatic N) is 3. The predicted molar refractivity (Wildman–Crippen MR) is 116 cm³/mol. The topological polar surface area (TPSA) is 85.4 Å². The molecule has 2 N–H and O–H groups in total. The first kappa shape index (κ1) is 20.0. The molecule has 8 nitrogen and oxygen atoms in total. The minimum atomic E-state index is -0.887. The molecule has 2 heterocycles. The average molecular weight is 410 g/mol. The van der Waals surface area contributed by atoms with Crippen molar-refractivity contribution in [2.75, 3.05) is 67.6 Å². The van der Waals surface area contributed by atoms with Crippen LogP contribution in [0.4, 0.5) is 21.9 Å². The van der Waals surface area contributed by atoms with E-state index in [0.717, 1.165) is 43.4 Å². The molecule has 0 aromatic heterocycles. The standard InChI is InChI=1S/C22H26N4O4/c27-21(23-18-4-6-19(7-5-18)25-12-14-30-15-13-25)17-2-1-3-20(16-17)24-8-10-26(11-9-24)22(28)29/h1-7,16H,8-15H2,(H,23,27)(H,28,29). The molecule has 2 aliphatic rings. The van der Waals surface area contributed by atoms with Gasteiger partial charge in [-0.05, 0) is 42.5 Å². The molecule has 30 heavy (non-hydrogen) atoms. The fraction of sp³-hybridized carbons (Fsp3) is 0.364. The molecule has 158 valence electrons. The first-order valence-electron chi connectivity index (χ1n) is 10.2. The largest absolute Gasteiger partial charge is 0.465 e. The van der Waals surface area contributed by atoms with Gasteiger partial charge in [-0.15, -0.1) is 0 Å². The molecule has 8 heteroatoms. The molecule has 0 atom stereocenters. The van der Waals surface area contributed by atoms with Crippen LogP contribution < -0.4 is 15.1 Å². The molecule has 2 amide bonds. The number of hydrogen-bond donors (Lipinski definition) is 2. The number of anilines is 3. The lowest BCUT2D eigenvalue weighted by Gasteiger charge is -2.34. The number of ether oxygens (including phenoxy) is 1. The second kappa shape index (κ2) is 9.04. The van der Waals surface area contributed by atoms with Gasteiger partial charge in [0.25, 0.3) is 5.91 Å². The van der Waals surface area contributed by atoms with Crippen LogP contribution in [0, 0.1) is 0 Å². The van der Waals surface area contributed by atoms with E-state index in [2.05, 4.69) is 15.1 Å². The third kappa shape index (κ3) is 4.65. The van der Waals surface area contributed by atoms with Crippen molar-refractivity contribution >= 4 is 29.1 Å². The van der Waals surface area contributed by atoms with E-state index in [9.17, 15) is 9.59 Å². The van der Waals surface area contributed by atoms with Crippen molar-refractivity contribution in [3.05, 3.63) is 54.1 Å². The van der Waals surface area contributed by atoms with Crippen LogP contribution in [0.2, 0.25) is 0 Å². The van der Waals surface area contributed by atoms with Crippen LogP contribution in [0.5, 0.6) is 0 Å². The van der Waals surface area contributed by atoms with Crippen LogP contribution in [-0.4, -0.2) is 74.5 Å². The lowest BCUT2D eigenvalue weighted by Crippen LogP contribution is -2.48. The quantitative estimate of drug-likeness (QED) is 0.806. The number of amides is 2. The summed E-state index contributed by atoms with van der Waals surface area (Å²) in [6.07, 6.45) is -0.887. The number of rotatable bonds is 4. The van der Waals surface area contributed by atoms with Gasteiger partial charge in [0.15, 0.2) is 0 Å². The van der Waals surface area contributed by atoms with E-state index in [0.29, 0.717) is 31.7 Å². The average Bonchev–Trinajstić information content (AvgIpc) is 2.80. The highest BCUT2D eigenvalue weighted by atomic mass is 16.5. The molecule has 2 aliphatic heterocycles. The summed E-state index contributed by atoms with van der Waals surface area (Å²) in [7, 11) is 0. The lowest BCUT2D eigenvalue weighted by atomic mass is 10.1. The zero-order chi connectivity index (χ0) is 20.9. The molecular weight excluding hydrogens is 384 g/mol. The fourth-order valence-electron chi connectivity index (χ4n) is 3.78. The molecule has 0 bridgehead atoms. The number of carboxylic acid groups (broad SMARTS) is 1. The molecule has 2 aromatic rings. The molecule has 2 saturated heterocycles. The van der Waals surface area contributed by atoms with Crippen LogP contribution in [0.15, 0.2) is 48.5 Å². The summed E-state index contributed by atoms with van der Waals surface area (Å²) in [5, 5.41) is 12.0. The molecule has 0 spiro atoms. The molecule has 0 aliphatic carbocycles. The van der Waals surface area contributed by atoms with Gasteiger partial charge in [-0.3, -0.25) is 4.79 Å². The molecule has 2 aromatic carbocycles. The van der Waals surface area contributed by atoms with Crippen LogP contribution in [0.25, 0.3) is 0 Å². The van der Waals surface area contributed by atoms with Gasteiger partial charge in [0.1, 0.15) is 0 Å². The van der Waals surface area contributed by atoms with Crippen molar-refractivity contribution in [3.8, 4) is 0 Å². The first-order chi connectivity index (χ1) is 14.6. The minimum absolute atomic E-state index is 0.167. The number of benzene rings is 2. The SMILES string of the molecule is O=C(Nc1ccc(N2CCOCC2)cc1)c1cccc(N2CCN(C(=O)O)CC2)c1. The Hall–Kier alpha value is -3.26. The summed E-state index contributed by atoms with van der Waals surface area (Å²) < 4.78 is 5.39. The van der Waals surface area contributed by atoms with Crippen molar-refractivity contribution < 1.29 is 19.4 Å². The minimum Gasteiger partial charge on any atom is -0.465 e. The summed E-state index contributed by atoms with van der Waals surface area (Å²) in [4.78, 5) is 29.6. The smallest absolute Gasteiger partial charge is 0.407 e. The van der Waals surface area contributed by atoms with Gasteiger partial charge >= 0.3 is 6.09 Å². The Bertz CT molecular complexity index is 888. The van der Waals surface area contributed by atoms with Gasteiger partial charge < -0.3 is 29.9 Å². The first-order valence-corrected chi connectivity index (χ1v) is 10.2. The number of hydrogen-bond acceptors (Lipinski definition) is 5. The molecule has 0 radical (unpaired) electrons. The van der Waals surface area contributed by atoms with E-state index in [-0.39, 0.29) is 5.91 Å². The highest BCUT2D eigenvalue weighted by Gasteiger charge is 2.21. The highest BCUT2D eigenvalue weighted by molar-refractivity contribution is 6.04. The highest BCUT2D eigenvalue weighted by Crippen LogP contribution is 2.21. The molecule has 2 fully saturated rings. The summed E-state index contributed by atoms with van der Waals surface area (Å²) in [5.41, 5.74) is 3.37. The van der Waals surface area contributed by atoms with Crippen molar-refractivity contribution in [1.29, 1.82) is 0 Å². The fourth-order valence-corrected chi connectivity index (χ4v) is 3.78. The third-order valence-corrected chi connectivity index (χ3v) is 5.53. The van der Waals surface area contributed by atoms with E-state index in [4.69, 9.17) is 9.84 Å². The van der Waals surface area contributed by atoms with Crippen molar-refractivity contribution in [2.45, 2.75) is 0 Å². The van der Waals surface area contributed by atoms with Crippen molar-refractivity contribution in [3.63, 3.8) is 0 Å². The number of nitrogens with one attached hydrogen (secondary N) is 1. The Kier molecular flexibility index (Phi) is 6.04. The second-order valence-electron chi connectivity index (χ2n) is 7.41. The summed E-state index contributed by atoms with van der Waals surface area (Å²) in [6.45, 7) is 5.36. The van der Waals surface area contributed by atoms with Gasteiger partial charge in [0.05, 0.1) is 13.2 Å². The van der Waals surface area contributed by atoms with Crippen LogP contribution >= 0.6 is 0 Å². The van der Waals surface area contributed by atoms with Gasteiger partial charge in [-0.1, -0.05) is 6.07 Å². The lowest BCUT2D eigenvalue weighted by molar-refractivity contribution is 0.102. The molecule has 0 unspecified atom stereocenters. The molecular formula is C22H26N4O4. The summed E-state index contributed by atoms with van der Waals surface area (Å²) in [6, 6.07) is 15.3. The number of carbonyl (C=O) groups is 2. The summed E-state index contributed by atoms with van der Waals surface area (Å²) in [5.74, 6) is -0.167. The number of piperazine rings is 1. The van der Waals surface area contributed by atoms with Gasteiger partial charge in [-0.25, -0.2) is 4.79 Å². The Balaban J connectivity index is 1.38. The number of carbonyl (C=O) groups excluding carboxylic acids is 1. The van der Waals surface area contributed by atoms with Gasteiger partial charge in [0, 0.05) is 61.9 Å². The maximum absolute atomic E-state index is 12.7. The normalized spacial score (nSPS) is 17.0. The van der Waals surface area contributed by atoms with Crippen molar-refractivity contribution in [2.24, 2.45) is 0 Å². The van der Waals surface area contributed by atoms with E-state index < -0.39 is 6.09 Å². The second-order valence-corrected chi connectivity index (χ2v) is 7.41. The maximum Gasteiger partial charge on any atom is 0.407 e. The molecule has 0 saturated carbocycles. The van der Waals surface area contributed by atoms with Gasteiger partial charge in [-0.2, -0.15) is 0 Å². The Morgan fingerprint density at radius 2 is 1.50 bits per heavy atom. The van der Waals surface area contributed by atoms with Crippen LogP contribution in [-0.2, 0) is 4.74 Å². The number of morpholine rings is 1. The monoisotopic (exact) mass is 410 g/mol. The van der Waals surface area contributed by atoms with Crippen molar-refractivity contribution in [1.82, 2.24) is 4.90 Å². The Morgan fingerprint density at radius 1 is 0.833 bits per heavy atom. The van der Waals surface area contributed by atoms with E-state index in [1.165, 1.54) is 4.90 Å². The zero-order valence-corrected chi connectivity index (χ0v) is 16.8. The molecule has 4 rings (SSSR count). The van der Waals surface area contributed by atoms with Crippen LogP contribution in [0.1, 0.15) is 10.4 Å². The Labute approximate surface area is 175 Å². The predicted octanol–water partition coefficient (Wildman–Crippen LogP) is 2.58. The van der Waals surface area contributed by atoms with Gasteiger partial charge in [0.2, 0.25) is 0 Å². The van der Waals surface area contributed by atoms with E-state index >= 15 is 0 Å².